The number of aliphatic hydroxyl groups is 1. The van der Waals surface area contributed by atoms with Crippen molar-refractivity contribution >= 4 is 11.2 Å². The van der Waals surface area contributed by atoms with Crippen molar-refractivity contribution in [1.82, 2.24) is 19.5 Å². The molecule has 0 fully saturated rings. The van der Waals surface area contributed by atoms with Gasteiger partial charge in [0, 0.05) is 6.54 Å². The molecule has 76 valence electrons. The molecule has 2 aromatic heterocycles. The third kappa shape index (κ3) is 1.65. The van der Waals surface area contributed by atoms with Crippen LogP contribution in [0.15, 0.2) is 12.7 Å². The molecule has 0 unspecified atom stereocenters. The lowest BCUT2D eigenvalue weighted by Gasteiger charge is -1.99. The zero-order chi connectivity index (χ0) is 10.7. The average molecular weight is 203 g/mol. The van der Waals surface area contributed by atoms with Gasteiger partial charge in [-0.15, -0.1) is 0 Å². The van der Waals surface area contributed by atoms with Gasteiger partial charge >= 0.3 is 0 Å². The van der Waals surface area contributed by atoms with Gasteiger partial charge in [0.15, 0.2) is 5.65 Å². The lowest BCUT2D eigenvalue weighted by atomic mass is 10.4. The van der Waals surface area contributed by atoms with E-state index in [-0.39, 0.29) is 6.61 Å². The van der Waals surface area contributed by atoms with Crippen LogP contribution in [-0.2, 0) is 13.2 Å². The van der Waals surface area contributed by atoms with Crippen LogP contribution in [0.2, 0.25) is 0 Å². The second-order valence-electron chi connectivity index (χ2n) is 3.00. The van der Waals surface area contributed by atoms with E-state index in [9.17, 15) is 0 Å². The first-order valence-electron chi connectivity index (χ1n) is 4.49. The summed E-state index contributed by atoms with van der Waals surface area (Å²) < 4.78 is 1.78. The molecule has 2 aromatic rings. The van der Waals surface area contributed by atoms with Crippen LogP contribution in [0.3, 0.4) is 0 Å². The van der Waals surface area contributed by atoms with E-state index in [0.29, 0.717) is 29.8 Å². The summed E-state index contributed by atoms with van der Waals surface area (Å²) >= 11 is 0. The summed E-state index contributed by atoms with van der Waals surface area (Å²) in [4.78, 5) is 12.1. The van der Waals surface area contributed by atoms with Gasteiger partial charge in [0.2, 0.25) is 0 Å². The summed E-state index contributed by atoms with van der Waals surface area (Å²) in [7, 11) is 0. The van der Waals surface area contributed by atoms with E-state index in [1.54, 1.807) is 10.9 Å². The third-order valence-electron chi connectivity index (χ3n) is 2.09. The summed E-state index contributed by atoms with van der Waals surface area (Å²) in [5, 5.41) is 17.5. The van der Waals surface area contributed by atoms with Gasteiger partial charge < -0.3 is 9.67 Å². The molecule has 15 heavy (non-hydrogen) atoms. The Kier molecular flexibility index (Phi) is 2.56. The van der Waals surface area contributed by atoms with Crippen LogP contribution in [0.5, 0.6) is 0 Å². The third-order valence-corrected chi connectivity index (χ3v) is 2.09. The SMILES string of the molecule is N#CCCn1cnc2c(CO)ncnc21. The van der Waals surface area contributed by atoms with Crippen molar-refractivity contribution in [3.63, 3.8) is 0 Å². The Balaban J connectivity index is 2.47. The molecular weight excluding hydrogens is 194 g/mol. The first-order chi connectivity index (χ1) is 7.36. The van der Waals surface area contributed by atoms with E-state index in [4.69, 9.17) is 10.4 Å². The molecule has 0 aliphatic rings. The van der Waals surface area contributed by atoms with Gasteiger partial charge in [0.1, 0.15) is 11.8 Å². The fraction of sp³-hybridized carbons (Fsp3) is 0.333. The van der Waals surface area contributed by atoms with E-state index in [0.717, 1.165) is 0 Å². The van der Waals surface area contributed by atoms with Gasteiger partial charge in [-0.1, -0.05) is 0 Å². The van der Waals surface area contributed by atoms with Gasteiger partial charge in [0.25, 0.3) is 0 Å². The average Bonchev–Trinajstić information content (AvgIpc) is 2.69. The number of rotatable bonds is 3. The number of imidazole rings is 1. The molecule has 0 saturated heterocycles. The molecule has 0 aliphatic carbocycles. The molecule has 0 aliphatic heterocycles. The number of hydrogen-bond acceptors (Lipinski definition) is 5. The smallest absolute Gasteiger partial charge is 0.163 e. The standard InChI is InChI=1S/C9H9N5O/c10-2-1-3-14-6-13-8-7(4-15)11-5-12-9(8)14/h5-6,15H,1,3-4H2. The number of nitriles is 1. The van der Waals surface area contributed by atoms with Gasteiger partial charge in [-0.25, -0.2) is 15.0 Å². The Hall–Kier alpha value is -2.00. The fourth-order valence-electron chi connectivity index (χ4n) is 1.38. The molecule has 0 saturated carbocycles. The molecule has 2 heterocycles. The van der Waals surface area contributed by atoms with E-state index >= 15 is 0 Å². The highest BCUT2D eigenvalue weighted by molar-refractivity contribution is 5.72. The number of aromatic nitrogens is 4. The van der Waals surface area contributed by atoms with Crippen molar-refractivity contribution in [2.24, 2.45) is 0 Å². The van der Waals surface area contributed by atoms with Crippen molar-refractivity contribution in [2.75, 3.05) is 0 Å². The van der Waals surface area contributed by atoms with Crippen LogP contribution < -0.4 is 0 Å². The molecule has 0 atom stereocenters. The van der Waals surface area contributed by atoms with Crippen LogP contribution in [0, 0.1) is 11.3 Å². The number of aliphatic hydroxyl groups excluding tert-OH is 1. The summed E-state index contributed by atoms with van der Waals surface area (Å²) in [5.41, 5.74) is 1.76. The highest BCUT2D eigenvalue weighted by atomic mass is 16.3. The Morgan fingerprint density at radius 1 is 1.40 bits per heavy atom. The summed E-state index contributed by atoms with van der Waals surface area (Å²) in [6.45, 7) is 0.392. The highest BCUT2D eigenvalue weighted by Crippen LogP contribution is 2.12. The second kappa shape index (κ2) is 4.02. The molecule has 0 radical (unpaired) electrons. The molecule has 6 heteroatoms. The Labute approximate surface area is 85.8 Å². The minimum absolute atomic E-state index is 0.158. The predicted octanol–water partition coefficient (Wildman–Crippen LogP) is 0.232. The van der Waals surface area contributed by atoms with E-state index in [2.05, 4.69) is 21.0 Å². The monoisotopic (exact) mass is 203 g/mol. The van der Waals surface area contributed by atoms with Crippen LogP contribution in [0.1, 0.15) is 12.1 Å². The van der Waals surface area contributed by atoms with Crippen molar-refractivity contribution in [3.8, 4) is 6.07 Å². The molecule has 2 rings (SSSR count). The molecule has 1 N–H and O–H groups in total. The largest absolute Gasteiger partial charge is 0.390 e. The molecule has 0 amide bonds. The minimum Gasteiger partial charge on any atom is -0.390 e. The predicted molar refractivity (Wildman–Crippen MR) is 51.5 cm³/mol. The van der Waals surface area contributed by atoms with E-state index in [1.807, 2.05) is 0 Å². The van der Waals surface area contributed by atoms with Gasteiger partial charge in [-0.2, -0.15) is 5.26 Å². The fourth-order valence-corrected chi connectivity index (χ4v) is 1.38. The van der Waals surface area contributed by atoms with Gasteiger partial charge in [-0.3, -0.25) is 0 Å². The molecular formula is C9H9N5O. The van der Waals surface area contributed by atoms with Gasteiger partial charge in [0.05, 0.1) is 31.1 Å². The highest BCUT2D eigenvalue weighted by Gasteiger charge is 2.08. The maximum absolute atomic E-state index is 9.03. The van der Waals surface area contributed by atoms with Gasteiger partial charge in [-0.05, 0) is 0 Å². The number of hydrogen-bond donors (Lipinski definition) is 1. The van der Waals surface area contributed by atoms with Crippen molar-refractivity contribution < 1.29 is 5.11 Å². The maximum Gasteiger partial charge on any atom is 0.163 e. The normalized spacial score (nSPS) is 10.4. The van der Waals surface area contributed by atoms with E-state index in [1.165, 1.54) is 6.33 Å². The minimum atomic E-state index is -0.158. The van der Waals surface area contributed by atoms with Crippen LogP contribution in [0.4, 0.5) is 0 Å². The number of nitrogens with zero attached hydrogens (tertiary/aromatic N) is 5. The lowest BCUT2D eigenvalue weighted by Crippen LogP contribution is -1.98. The molecule has 0 spiro atoms. The Bertz CT molecular complexity index is 513. The molecule has 0 aromatic carbocycles. The lowest BCUT2D eigenvalue weighted by molar-refractivity contribution is 0.278. The summed E-state index contributed by atoms with van der Waals surface area (Å²) in [6, 6.07) is 2.06. The van der Waals surface area contributed by atoms with Crippen LogP contribution >= 0.6 is 0 Å². The first kappa shape index (κ1) is 9.55. The van der Waals surface area contributed by atoms with Crippen molar-refractivity contribution in [3.05, 3.63) is 18.3 Å². The zero-order valence-electron chi connectivity index (χ0n) is 7.96. The first-order valence-corrected chi connectivity index (χ1v) is 4.49. The topological polar surface area (TPSA) is 87.6 Å². The Morgan fingerprint density at radius 3 is 3.00 bits per heavy atom. The van der Waals surface area contributed by atoms with Crippen LogP contribution in [0.25, 0.3) is 11.2 Å². The maximum atomic E-state index is 9.03. The molecule has 6 nitrogen and oxygen atoms in total. The summed E-state index contributed by atoms with van der Waals surface area (Å²) in [5.74, 6) is 0. The number of fused-ring (bicyclic) bond motifs is 1. The van der Waals surface area contributed by atoms with Crippen LogP contribution in [-0.4, -0.2) is 24.6 Å². The quantitative estimate of drug-likeness (QED) is 0.771. The second-order valence-corrected chi connectivity index (χ2v) is 3.00. The van der Waals surface area contributed by atoms with Crippen molar-refractivity contribution in [1.29, 1.82) is 5.26 Å². The van der Waals surface area contributed by atoms with Crippen molar-refractivity contribution in [2.45, 2.75) is 19.6 Å². The Morgan fingerprint density at radius 2 is 2.27 bits per heavy atom. The van der Waals surface area contributed by atoms with E-state index < -0.39 is 0 Å². The molecule has 0 bridgehead atoms. The zero-order valence-corrected chi connectivity index (χ0v) is 7.96. The number of aryl methyl sites for hydroxylation is 1. The summed E-state index contributed by atoms with van der Waals surface area (Å²) in [6.07, 6.45) is 3.40.